The van der Waals surface area contributed by atoms with Crippen LogP contribution in [0.1, 0.15) is 27.6 Å². The first-order chi connectivity index (χ1) is 17.6. The number of aryl methyl sites for hydroxylation is 3. The summed E-state index contributed by atoms with van der Waals surface area (Å²) >= 11 is 0. The Balaban J connectivity index is 1.34. The van der Waals surface area contributed by atoms with Crippen LogP contribution in [0.5, 0.6) is 5.75 Å². The fraction of sp³-hybridized carbons (Fsp3) is 0.276. The SMILES string of the molecule is COc1ccccc1N1CCN(C(=O)c2nc(CCc3ccccc3)n(-c3cccc(C)c3)n2)CC1. The molecule has 0 unspecified atom stereocenters. The van der Waals surface area contributed by atoms with Gasteiger partial charge in [0.1, 0.15) is 11.6 Å². The molecular weight excluding hydrogens is 450 g/mol. The van der Waals surface area contributed by atoms with Crippen LogP contribution in [0.2, 0.25) is 0 Å². The number of aromatic nitrogens is 3. The Bertz CT molecular complexity index is 1330. The highest BCUT2D eigenvalue weighted by molar-refractivity contribution is 5.90. The van der Waals surface area contributed by atoms with Crippen molar-refractivity contribution in [3.05, 3.63) is 102 Å². The van der Waals surface area contributed by atoms with Crippen molar-refractivity contribution in [1.29, 1.82) is 0 Å². The standard InChI is InChI=1S/C29H31N5O2/c1-22-9-8-12-24(21-22)34-27(16-15-23-10-4-3-5-11-23)30-28(31-34)29(35)33-19-17-32(18-20-33)25-13-6-7-14-26(25)36-2/h3-14,21H,15-20H2,1-2H3. The average molecular weight is 482 g/mol. The van der Waals surface area contributed by atoms with Crippen molar-refractivity contribution in [2.45, 2.75) is 19.8 Å². The maximum absolute atomic E-state index is 13.4. The van der Waals surface area contributed by atoms with Crippen molar-refractivity contribution in [3.8, 4) is 11.4 Å². The molecule has 0 N–H and O–H groups in total. The lowest BCUT2D eigenvalue weighted by Gasteiger charge is -2.36. The van der Waals surface area contributed by atoms with E-state index in [2.05, 4.69) is 42.2 Å². The van der Waals surface area contributed by atoms with Gasteiger partial charge in [0.2, 0.25) is 5.82 Å². The minimum absolute atomic E-state index is 0.123. The summed E-state index contributed by atoms with van der Waals surface area (Å²) in [4.78, 5) is 22.3. The van der Waals surface area contributed by atoms with Gasteiger partial charge >= 0.3 is 0 Å². The Hall–Kier alpha value is -4.13. The molecule has 1 saturated heterocycles. The normalized spacial score (nSPS) is 13.6. The molecule has 0 radical (unpaired) electrons. The predicted octanol–water partition coefficient (Wildman–Crippen LogP) is 4.33. The van der Waals surface area contributed by atoms with E-state index >= 15 is 0 Å². The Labute approximate surface area is 212 Å². The Morgan fingerprint density at radius 1 is 0.889 bits per heavy atom. The fourth-order valence-corrected chi connectivity index (χ4v) is 4.65. The summed E-state index contributed by atoms with van der Waals surface area (Å²) in [6, 6.07) is 26.5. The van der Waals surface area contributed by atoms with Gasteiger partial charge in [0, 0.05) is 32.6 Å². The van der Waals surface area contributed by atoms with Gasteiger partial charge in [-0.3, -0.25) is 4.79 Å². The molecule has 2 heterocycles. The van der Waals surface area contributed by atoms with Gasteiger partial charge in [-0.05, 0) is 48.7 Å². The second-order valence-corrected chi connectivity index (χ2v) is 9.04. The van der Waals surface area contributed by atoms with Crippen molar-refractivity contribution in [2.75, 3.05) is 38.2 Å². The Kier molecular flexibility index (Phi) is 6.98. The maximum Gasteiger partial charge on any atom is 0.293 e. The molecule has 184 valence electrons. The Morgan fingerprint density at radius 3 is 2.39 bits per heavy atom. The third-order valence-electron chi connectivity index (χ3n) is 6.58. The smallest absolute Gasteiger partial charge is 0.293 e. The number of carbonyl (C=O) groups is 1. The molecular formula is C29H31N5O2. The molecule has 36 heavy (non-hydrogen) atoms. The van der Waals surface area contributed by atoms with E-state index in [0.717, 1.165) is 48.0 Å². The molecule has 0 aliphatic carbocycles. The number of amides is 1. The lowest BCUT2D eigenvalue weighted by molar-refractivity contribution is 0.0734. The number of benzene rings is 3. The number of para-hydroxylation sites is 2. The van der Waals surface area contributed by atoms with Crippen molar-refractivity contribution in [1.82, 2.24) is 19.7 Å². The van der Waals surface area contributed by atoms with Crippen LogP contribution in [0.25, 0.3) is 5.69 Å². The number of hydrogen-bond acceptors (Lipinski definition) is 5. The van der Waals surface area contributed by atoms with Crippen LogP contribution >= 0.6 is 0 Å². The second kappa shape index (κ2) is 10.6. The maximum atomic E-state index is 13.4. The summed E-state index contributed by atoms with van der Waals surface area (Å²) in [5.74, 6) is 1.77. The quantitative estimate of drug-likeness (QED) is 0.393. The van der Waals surface area contributed by atoms with Crippen molar-refractivity contribution < 1.29 is 9.53 Å². The number of piperazine rings is 1. The van der Waals surface area contributed by atoms with Crippen molar-refractivity contribution >= 4 is 11.6 Å². The van der Waals surface area contributed by atoms with Gasteiger partial charge < -0.3 is 14.5 Å². The zero-order chi connectivity index (χ0) is 24.9. The lowest BCUT2D eigenvalue weighted by atomic mass is 10.1. The zero-order valence-corrected chi connectivity index (χ0v) is 20.8. The number of carbonyl (C=O) groups excluding carboxylic acids is 1. The predicted molar refractivity (Wildman–Crippen MR) is 141 cm³/mol. The molecule has 3 aromatic carbocycles. The van der Waals surface area contributed by atoms with E-state index in [4.69, 9.17) is 14.8 Å². The van der Waals surface area contributed by atoms with E-state index in [0.29, 0.717) is 19.5 Å². The minimum Gasteiger partial charge on any atom is -0.495 e. The first kappa shape index (κ1) is 23.6. The summed E-state index contributed by atoms with van der Waals surface area (Å²) < 4.78 is 7.35. The molecule has 0 saturated carbocycles. The van der Waals surface area contributed by atoms with E-state index in [1.54, 1.807) is 7.11 Å². The molecule has 1 aliphatic heterocycles. The van der Waals surface area contributed by atoms with Gasteiger partial charge in [-0.15, -0.1) is 5.10 Å². The van der Waals surface area contributed by atoms with Crippen LogP contribution in [0, 0.1) is 6.92 Å². The van der Waals surface area contributed by atoms with Gasteiger partial charge in [-0.25, -0.2) is 9.67 Å². The summed E-state index contributed by atoms with van der Waals surface area (Å²) in [5, 5.41) is 4.69. The van der Waals surface area contributed by atoms with Gasteiger partial charge in [-0.1, -0.05) is 54.6 Å². The van der Waals surface area contributed by atoms with Crippen molar-refractivity contribution in [2.24, 2.45) is 0 Å². The molecule has 7 nitrogen and oxygen atoms in total. The highest BCUT2D eigenvalue weighted by Gasteiger charge is 2.27. The van der Waals surface area contributed by atoms with Gasteiger partial charge in [0.25, 0.3) is 5.91 Å². The highest BCUT2D eigenvalue weighted by atomic mass is 16.5. The fourth-order valence-electron chi connectivity index (χ4n) is 4.65. The number of nitrogens with zero attached hydrogens (tertiary/aromatic N) is 5. The molecule has 1 amide bonds. The number of rotatable bonds is 7. The van der Waals surface area contributed by atoms with Crippen LogP contribution in [-0.2, 0) is 12.8 Å². The van der Waals surface area contributed by atoms with Crippen LogP contribution in [0.4, 0.5) is 5.69 Å². The molecule has 1 fully saturated rings. The van der Waals surface area contributed by atoms with Crippen LogP contribution < -0.4 is 9.64 Å². The number of methoxy groups -OCH3 is 1. The zero-order valence-electron chi connectivity index (χ0n) is 20.8. The van der Waals surface area contributed by atoms with Gasteiger partial charge in [0.05, 0.1) is 18.5 Å². The van der Waals surface area contributed by atoms with E-state index in [1.807, 2.05) is 58.1 Å². The Morgan fingerprint density at radius 2 is 1.64 bits per heavy atom. The highest BCUT2D eigenvalue weighted by Crippen LogP contribution is 2.28. The molecule has 0 atom stereocenters. The monoisotopic (exact) mass is 481 g/mol. The molecule has 4 aromatic rings. The molecule has 7 heteroatoms. The molecule has 0 bridgehead atoms. The summed E-state index contributed by atoms with van der Waals surface area (Å²) in [5.41, 5.74) is 4.34. The lowest BCUT2D eigenvalue weighted by Crippen LogP contribution is -2.49. The largest absolute Gasteiger partial charge is 0.495 e. The van der Waals surface area contributed by atoms with Crippen LogP contribution in [0.3, 0.4) is 0 Å². The van der Waals surface area contributed by atoms with Gasteiger partial charge in [0.15, 0.2) is 0 Å². The third kappa shape index (κ3) is 5.10. The minimum atomic E-state index is -0.123. The molecule has 1 aliphatic rings. The van der Waals surface area contributed by atoms with E-state index in [9.17, 15) is 4.79 Å². The summed E-state index contributed by atoms with van der Waals surface area (Å²) in [6.07, 6.45) is 1.52. The molecule has 0 spiro atoms. The number of ether oxygens (including phenoxy) is 1. The molecule has 1 aromatic heterocycles. The first-order valence-corrected chi connectivity index (χ1v) is 12.4. The van der Waals surface area contributed by atoms with E-state index < -0.39 is 0 Å². The van der Waals surface area contributed by atoms with Crippen LogP contribution in [0.15, 0.2) is 78.9 Å². The molecule has 5 rings (SSSR count). The number of hydrogen-bond donors (Lipinski definition) is 0. The third-order valence-corrected chi connectivity index (χ3v) is 6.58. The number of anilines is 1. The van der Waals surface area contributed by atoms with E-state index in [-0.39, 0.29) is 11.7 Å². The first-order valence-electron chi connectivity index (χ1n) is 12.4. The van der Waals surface area contributed by atoms with Crippen LogP contribution in [-0.4, -0.2) is 58.9 Å². The van der Waals surface area contributed by atoms with Crippen molar-refractivity contribution in [3.63, 3.8) is 0 Å². The van der Waals surface area contributed by atoms with E-state index in [1.165, 1.54) is 5.56 Å². The average Bonchev–Trinajstić information content (AvgIpc) is 3.36. The topological polar surface area (TPSA) is 63.5 Å². The second-order valence-electron chi connectivity index (χ2n) is 9.04. The summed E-state index contributed by atoms with van der Waals surface area (Å²) in [6.45, 7) is 4.72. The summed E-state index contributed by atoms with van der Waals surface area (Å²) in [7, 11) is 1.68. The van der Waals surface area contributed by atoms with Gasteiger partial charge in [-0.2, -0.15) is 0 Å².